The van der Waals surface area contributed by atoms with Gasteiger partial charge in [-0.2, -0.15) is 0 Å². The van der Waals surface area contributed by atoms with Gasteiger partial charge in [-0.1, -0.05) is 44.8 Å². The summed E-state index contributed by atoms with van der Waals surface area (Å²) in [7, 11) is 0. The van der Waals surface area contributed by atoms with Gasteiger partial charge < -0.3 is 2.84 Å². The van der Waals surface area contributed by atoms with Crippen molar-refractivity contribution in [3.8, 4) is 0 Å². The van der Waals surface area contributed by atoms with E-state index in [-0.39, 0.29) is 0 Å². The molecular formula is C8H19Al2O. The Morgan fingerprint density at radius 3 is 2.55 bits per heavy atom. The molecule has 11 heavy (non-hydrogen) atoms. The molecule has 0 amide bonds. The third-order valence-corrected chi connectivity index (χ3v) is 3.75. The highest BCUT2D eigenvalue weighted by atomic mass is 27.2. The monoisotopic (exact) mass is 185 g/mol. The summed E-state index contributed by atoms with van der Waals surface area (Å²) in [5.41, 5.74) is 0. The lowest BCUT2D eigenvalue weighted by molar-refractivity contribution is 0.531. The van der Waals surface area contributed by atoms with E-state index >= 15 is 0 Å². The molecule has 0 N–H and O–H groups in total. The largest absolute Gasteiger partial charge is 0.648 e. The zero-order valence-electron chi connectivity index (χ0n) is 8.10. The van der Waals surface area contributed by atoms with E-state index in [1.54, 1.807) is 0 Å². The lowest BCUT2D eigenvalue weighted by atomic mass is 10.1. The first-order valence-corrected chi connectivity index (χ1v) is 6.72. The molecule has 0 aliphatic heterocycles. The molecule has 0 aromatic carbocycles. The molecule has 0 saturated heterocycles. The molecule has 1 nitrogen and oxygen atoms in total. The predicted octanol–water partition coefficient (Wildman–Crippen LogP) is 1.81. The summed E-state index contributed by atoms with van der Waals surface area (Å²) in [5, 5.41) is 1.35. The van der Waals surface area contributed by atoms with Crippen molar-refractivity contribution in [2.24, 2.45) is 5.92 Å². The van der Waals surface area contributed by atoms with E-state index in [1.165, 1.54) is 31.0 Å². The lowest BCUT2D eigenvalue weighted by Crippen LogP contribution is -1.94. The standard InChI is InChI=1S/C8H17.2Al.O.2H/c1-4-5-6-7-8(2)3;;;;;/h8H,1,4-7H2,2-3H3;;;;;. The minimum absolute atomic E-state index is 0.359. The van der Waals surface area contributed by atoms with Crippen LogP contribution in [0, 0.1) is 5.92 Å². The van der Waals surface area contributed by atoms with Gasteiger partial charge >= 0.3 is 32.2 Å². The molecule has 0 atom stereocenters. The molecule has 0 aliphatic rings. The quantitative estimate of drug-likeness (QED) is 0.434. The Balaban J connectivity index is 2.80. The normalized spacial score (nSPS) is 10.5. The van der Waals surface area contributed by atoms with E-state index in [1.807, 2.05) is 0 Å². The van der Waals surface area contributed by atoms with Crippen molar-refractivity contribution in [1.29, 1.82) is 0 Å². The third kappa shape index (κ3) is 11.0. The Bertz CT molecular complexity index is 76.5. The average molecular weight is 185 g/mol. The number of rotatable bonds is 7. The highest BCUT2D eigenvalue weighted by Gasteiger charge is 1.94. The maximum atomic E-state index is 5.19. The van der Waals surface area contributed by atoms with Crippen LogP contribution in [0.4, 0.5) is 0 Å². The topological polar surface area (TPSA) is 9.23 Å². The van der Waals surface area contributed by atoms with E-state index in [9.17, 15) is 0 Å². The first kappa shape index (κ1) is 12.0. The maximum Gasteiger partial charge on any atom is 0.390 e. The predicted molar refractivity (Wildman–Crippen MR) is 53.5 cm³/mol. The van der Waals surface area contributed by atoms with Gasteiger partial charge in [0.05, 0.1) is 0 Å². The molecule has 3 heteroatoms. The van der Waals surface area contributed by atoms with Crippen molar-refractivity contribution in [3.63, 3.8) is 0 Å². The fourth-order valence-electron chi connectivity index (χ4n) is 1.07. The van der Waals surface area contributed by atoms with E-state index in [4.69, 9.17) is 2.84 Å². The van der Waals surface area contributed by atoms with Crippen LogP contribution in [-0.4, -0.2) is 32.2 Å². The van der Waals surface area contributed by atoms with E-state index in [0.29, 0.717) is 15.6 Å². The van der Waals surface area contributed by atoms with Crippen LogP contribution in [0.2, 0.25) is 5.28 Å². The fourth-order valence-corrected chi connectivity index (χ4v) is 2.47. The smallest absolute Gasteiger partial charge is 0.390 e. The van der Waals surface area contributed by atoms with Crippen molar-refractivity contribution in [3.05, 3.63) is 0 Å². The highest BCUT2D eigenvalue weighted by molar-refractivity contribution is 6.34. The highest BCUT2D eigenvalue weighted by Crippen LogP contribution is 2.09. The van der Waals surface area contributed by atoms with Crippen LogP contribution < -0.4 is 0 Å². The minimum atomic E-state index is 0.359. The van der Waals surface area contributed by atoms with Crippen LogP contribution in [0.1, 0.15) is 39.5 Å². The van der Waals surface area contributed by atoms with E-state index < -0.39 is 0 Å². The number of hydrogen-bond donors (Lipinski definition) is 0. The summed E-state index contributed by atoms with van der Waals surface area (Å²) in [6, 6.07) is 0. The summed E-state index contributed by atoms with van der Waals surface area (Å²) in [6.45, 7) is 4.60. The minimum Gasteiger partial charge on any atom is -0.648 e. The Hall–Kier alpha value is 1.02. The Kier molecular flexibility index (Phi) is 9.96. The Labute approximate surface area is 85.7 Å². The molecule has 0 unspecified atom stereocenters. The van der Waals surface area contributed by atoms with Gasteiger partial charge in [0.15, 0.2) is 0 Å². The van der Waals surface area contributed by atoms with Crippen LogP contribution in [0.15, 0.2) is 0 Å². The molecule has 1 radical (unpaired) electrons. The van der Waals surface area contributed by atoms with Gasteiger partial charge in [-0.25, -0.2) is 0 Å². The van der Waals surface area contributed by atoms with Gasteiger partial charge in [0.2, 0.25) is 0 Å². The second kappa shape index (κ2) is 9.12. The van der Waals surface area contributed by atoms with Crippen LogP contribution in [-0.2, 0) is 2.84 Å². The fraction of sp³-hybridized carbons (Fsp3) is 1.00. The van der Waals surface area contributed by atoms with Crippen molar-refractivity contribution in [2.75, 3.05) is 0 Å². The molecular weight excluding hydrogens is 166 g/mol. The van der Waals surface area contributed by atoms with Crippen LogP contribution in [0.25, 0.3) is 0 Å². The molecule has 0 heterocycles. The Morgan fingerprint density at radius 1 is 1.27 bits per heavy atom. The second-order valence-electron chi connectivity index (χ2n) is 3.43. The third-order valence-electron chi connectivity index (χ3n) is 1.77. The Morgan fingerprint density at radius 2 is 2.00 bits per heavy atom. The van der Waals surface area contributed by atoms with Crippen LogP contribution >= 0.6 is 0 Å². The zero-order valence-corrected chi connectivity index (χ0v) is 11.3. The van der Waals surface area contributed by atoms with E-state index in [0.717, 1.165) is 22.5 Å². The molecule has 0 aromatic rings. The van der Waals surface area contributed by atoms with Gasteiger partial charge in [0, 0.05) is 0 Å². The molecule has 0 saturated carbocycles. The van der Waals surface area contributed by atoms with Crippen molar-refractivity contribution in [1.82, 2.24) is 0 Å². The average Bonchev–Trinajstić information content (AvgIpc) is 1.96. The van der Waals surface area contributed by atoms with Crippen molar-refractivity contribution < 1.29 is 2.84 Å². The number of unbranched alkanes of at least 4 members (excludes halogenated alkanes) is 2. The molecule has 0 aliphatic carbocycles. The summed E-state index contributed by atoms with van der Waals surface area (Å²) in [5.74, 6) is 0.886. The molecule has 0 aromatic heterocycles. The second-order valence-corrected chi connectivity index (χ2v) is 6.23. The zero-order chi connectivity index (χ0) is 8.53. The van der Waals surface area contributed by atoms with Gasteiger partial charge in [0.1, 0.15) is 0 Å². The summed E-state index contributed by atoms with van der Waals surface area (Å²) in [4.78, 5) is 0. The van der Waals surface area contributed by atoms with Crippen LogP contribution in [0.3, 0.4) is 0 Å². The van der Waals surface area contributed by atoms with Gasteiger partial charge in [-0.15, -0.1) is 0 Å². The van der Waals surface area contributed by atoms with Crippen molar-refractivity contribution in [2.45, 2.75) is 44.8 Å². The first-order valence-electron chi connectivity index (χ1n) is 4.62. The summed E-state index contributed by atoms with van der Waals surface area (Å²) < 4.78 is 5.19. The molecule has 0 bridgehead atoms. The van der Waals surface area contributed by atoms with Gasteiger partial charge in [-0.3, -0.25) is 0 Å². The molecule has 0 rings (SSSR count). The first-order chi connectivity index (χ1) is 5.27. The van der Waals surface area contributed by atoms with E-state index in [2.05, 4.69) is 13.8 Å². The number of hydrogen-bond acceptors (Lipinski definition) is 1. The molecule has 0 fully saturated rings. The summed E-state index contributed by atoms with van der Waals surface area (Å²) >= 11 is 1.30. The summed E-state index contributed by atoms with van der Waals surface area (Å²) in [6.07, 6.45) is 5.62. The van der Waals surface area contributed by atoms with Gasteiger partial charge in [0.25, 0.3) is 0 Å². The maximum absolute atomic E-state index is 5.19. The lowest BCUT2D eigenvalue weighted by Gasteiger charge is -2.03. The van der Waals surface area contributed by atoms with Crippen molar-refractivity contribution >= 4 is 32.2 Å². The molecule has 0 spiro atoms. The van der Waals surface area contributed by atoms with Gasteiger partial charge in [-0.05, 0) is 5.92 Å². The molecule has 63 valence electrons. The SMILES string of the molecule is CC(C)CCCC[CH2][Al][O][AlH2]. The van der Waals surface area contributed by atoms with Crippen LogP contribution in [0.5, 0.6) is 0 Å².